The lowest BCUT2D eigenvalue weighted by molar-refractivity contribution is 0.0949. The van der Waals surface area contributed by atoms with Crippen LogP contribution in [0.2, 0.25) is 0 Å². The van der Waals surface area contributed by atoms with Crippen LogP contribution in [0.15, 0.2) is 66.9 Å². The van der Waals surface area contributed by atoms with Gasteiger partial charge in [0, 0.05) is 36.1 Å². The highest BCUT2D eigenvalue weighted by Gasteiger charge is 2.11. The van der Waals surface area contributed by atoms with E-state index in [2.05, 4.69) is 39.5 Å². The van der Waals surface area contributed by atoms with Crippen molar-refractivity contribution < 1.29 is 9.53 Å². The lowest BCUT2D eigenvalue weighted by atomic mass is 10.1. The van der Waals surface area contributed by atoms with Crippen LogP contribution in [0.4, 0.5) is 11.6 Å². The number of carbonyl (C=O) groups is 1. The largest absolute Gasteiger partial charge is 0.497 e. The summed E-state index contributed by atoms with van der Waals surface area (Å²) < 4.78 is 7.00. The summed E-state index contributed by atoms with van der Waals surface area (Å²) in [5.41, 5.74) is 4.18. The van der Waals surface area contributed by atoms with E-state index in [4.69, 9.17) is 4.74 Å². The number of rotatable bonds is 10. The minimum Gasteiger partial charge on any atom is -0.497 e. The van der Waals surface area contributed by atoms with Crippen molar-refractivity contribution in [2.24, 2.45) is 0 Å². The first-order valence-electron chi connectivity index (χ1n) is 11.5. The summed E-state index contributed by atoms with van der Waals surface area (Å²) in [5.74, 6) is 1.21. The molecule has 0 spiro atoms. The molecule has 8 nitrogen and oxygen atoms in total. The van der Waals surface area contributed by atoms with Crippen molar-refractivity contribution in [3.63, 3.8) is 0 Å². The summed E-state index contributed by atoms with van der Waals surface area (Å²) in [7, 11) is 1.65. The van der Waals surface area contributed by atoms with Crippen molar-refractivity contribution >= 4 is 23.2 Å². The van der Waals surface area contributed by atoms with E-state index in [1.54, 1.807) is 23.8 Å². The Morgan fingerprint density at radius 2 is 1.76 bits per heavy atom. The number of benzene rings is 2. The molecule has 34 heavy (non-hydrogen) atoms. The third-order valence-electron chi connectivity index (χ3n) is 5.77. The highest BCUT2D eigenvalue weighted by molar-refractivity contribution is 5.94. The fourth-order valence-electron chi connectivity index (χ4n) is 3.76. The molecule has 0 fully saturated rings. The van der Waals surface area contributed by atoms with Crippen LogP contribution in [0.3, 0.4) is 0 Å². The van der Waals surface area contributed by atoms with E-state index in [0.29, 0.717) is 18.1 Å². The Labute approximate surface area is 199 Å². The zero-order valence-electron chi connectivity index (χ0n) is 19.8. The van der Waals surface area contributed by atoms with Gasteiger partial charge in [-0.2, -0.15) is 4.98 Å². The van der Waals surface area contributed by atoms with E-state index >= 15 is 0 Å². The summed E-state index contributed by atoms with van der Waals surface area (Å²) in [6.07, 6.45) is 1.87. The first kappa shape index (κ1) is 23.3. The van der Waals surface area contributed by atoms with Gasteiger partial charge in [0.15, 0.2) is 5.65 Å². The van der Waals surface area contributed by atoms with Crippen LogP contribution in [0.25, 0.3) is 16.8 Å². The lowest BCUT2D eigenvalue weighted by Crippen LogP contribution is -2.34. The molecule has 176 valence electrons. The molecular weight excluding hydrogens is 428 g/mol. The second-order valence-corrected chi connectivity index (χ2v) is 7.84. The lowest BCUT2D eigenvalue weighted by Gasteiger charge is -2.17. The Morgan fingerprint density at radius 3 is 2.44 bits per heavy atom. The van der Waals surface area contributed by atoms with Gasteiger partial charge in [0.25, 0.3) is 5.91 Å². The first-order valence-corrected chi connectivity index (χ1v) is 11.5. The number of hydrogen-bond acceptors (Lipinski definition) is 6. The molecule has 1 amide bonds. The van der Waals surface area contributed by atoms with Gasteiger partial charge < -0.3 is 20.3 Å². The quantitative estimate of drug-likeness (QED) is 0.370. The van der Waals surface area contributed by atoms with Crippen molar-refractivity contribution in [1.82, 2.24) is 24.8 Å². The Morgan fingerprint density at radius 1 is 1.03 bits per heavy atom. The smallest absolute Gasteiger partial charge is 0.251 e. The van der Waals surface area contributed by atoms with Gasteiger partial charge >= 0.3 is 0 Å². The fraction of sp³-hybridized carbons (Fsp3) is 0.269. The van der Waals surface area contributed by atoms with Crippen molar-refractivity contribution in [2.45, 2.75) is 13.8 Å². The van der Waals surface area contributed by atoms with E-state index in [9.17, 15) is 4.79 Å². The van der Waals surface area contributed by atoms with Gasteiger partial charge in [0.05, 0.1) is 7.11 Å². The zero-order chi connectivity index (χ0) is 23.9. The number of nitrogens with zero attached hydrogens (tertiary/aromatic N) is 4. The molecule has 2 N–H and O–H groups in total. The number of nitrogens with one attached hydrogen (secondary N) is 2. The van der Waals surface area contributed by atoms with Crippen molar-refractivity contribution in [2.75, 3.05) is 38.6 Å². The number of hydrogen-bond donors (Lipinski definition) is 2. The van der Waals surface area contributed by atoms with Crippen LogP contribution in [-0.4, -0.2) is 58.7 Å². The van der Waals surface area contributed by atoms with E-state index in [1.165, 1.54) is 0 Å². The second kappa shape index (κ2) is 10.8. The predicted octanol–water partition coefficient (Wildman–Crippen LogP) is 4.22. The van der Waals surface area contributed by atoms with Gasteiger partial charge in [-0.1, -0.05) is 26.0 Å². The normalized spacial score (nSPS) is 11.1. The van der Waals surface area contributed by atoms with E-state index in [1.807, 2.05) is 54.7 Å². The molecule has 8 heteroatoms. The minimum atomic E-state index is -0.0753. The summed E-state index contributed by atoms with van der Waals surface area (Å²) in [6, 6.07) is 19.1. The Balaban J connectivity index is 1.44. The monoisotopic (exact) mass is 458 g/mol. The maximum Gasteiger partial charge on any atom is 0.251 e. The number of likely N-dealkylation sites (N-methyl/N-ethyl adjacent to an activating group) is 1. The summed E-state index contributed by atoms with van der Waals surface area (Å²) in [4.78, 5) is 19.4. The van der Waals surface area contributed by atoms with Crippen LogP contribution in [-0.2, 0) is 0 Å². The van der Waals surface area contributed by atoms with E-state index in [-0.39, 0.29) is 5.91 Å². The SMILES string of the molecule is CCN(CC)CCNC(=O)c1ccc(Nc2nc3c(-c4ccc(OC)cc4)cccn3n2)cc1. The molecule has 4 aromatic rings. The number of pyridine rings is 1. The molecule has 0 bridgehead atoms. The molecule has 0 aliphatic rings. The minimum absolute atomic E-state index is 0.0753. The molecule has 4 rings (SSSR count). The maximum atomic E-state index is 12.4. The molecule has 2 heterocycles. The molecule has 0 atom stereocenters. The molecule has 0 unspecified atom stereocenters. The van der Waals surface area contributed by atoms with Gasteiger partial charge in [-0.15, -0.1) is 5.10 Å². The van der Waals surface area contributed by atoms with E-state index < -0.39 is 0 Å². The zero-order valence-corrected chi connectivity index (χ0v) is 19.8. The number of fused-ring (bicyclic) bond motifs is 1. The molecular formula is C26H30N6O2. The van der Waals surface area contributed by atoms with Crippen molar-refractivity contribution in [3.8, 4) is 16.9 Å². The highest BCUT2D eigenvalue weighted by Crippen LogP contribution is 2.26. The van der Waals surface area contributed by atoms with Crippen molar-refractivity contribution in [1.29, 1.82) is 0 Å². The molecule has 0 aliphatic heterocycles. The average Bonchev–Trinajstić information content (AvgIpc) is 3.29. The van der Waals surface area contributed by atoms with Crippen LogP contribution in [0.5, 0.6) is 5.75 Å². The Bertz CT molecular complexity index is 1230. The van der Waals surface area contributed by atoms with Gasteiger partial charge in [0.1, 0.15) is 5.75 Å². The number of amides is 1. The molecule has 0 aliphatic carbocycles. The predicted molar refractivity (Wildman–Crippen MR) is 135 cm³/mol. The van der Waals surface area contributed by atoms with Gasteiger partial charge in [-0.05, 0) is 67.2 Å². The molecule has 2 aromatic heterocycles. The highest BCUT2D eigenvalue weighted by atomic mass is 16.5. The first-order chi connectivity index (χ1) is 16.6. The average molecular weight is 459 g/mol. The number of anilines is 2. The van der Waals surface area contributed by atoms with Gasteiger partial charge in [-0.25, -0.2) is 4.52 Å². The van der Waals surface area contributed by atoms with Crippen LogP contribution in [0.1, 0.15) is 24.2 Å². The summed E-state index contributed by atoms with van der Waals surface area (Å²) in [5, 5.41) is 10.7. The Hall–Kier alpha value is -3.91. The van der Waals surface area contributed by atoms with Crippen molar-refractivity contribution in [3.05, 3.63) is 72.4 Å². The van der Waals surface area contributed by atoms with Gasteiger partial charge in [-0.3, -0.25) is 4.79 Å². The van der Waals surface area contributed by atoms with Gasteiger partial charge in [0.2, 0.25) is 5.95 Å². The fourth-order valence-corrected chi connectivity index (χ4v) is 3.76. The number of methoxy groups -OCH3 is 1. The number of ether oxygens (including phenoxy) is 1. The maximum absolute atomic E-state index is 12.4. The van der Waals surface area contributed by atoms with Crippen LogP contribution < -0.4 is 15.4 Å². The number of carbonyl (C=O) groups excluding carboxylic acids is 1. The summed E-state index contributed by atoms with van der Waals surface area (Å²) in [6.45, 7) is 7.67. The molecule has 2 aromatic carbocycles. The van der Waals surface area contributed by atoms with E-state index in [0.717, 1.165) is 47.8 Å². The number of aromatic nitrogens is 3. The third kappa shape index (κ3) is 5.35. The van der Waals surface area contributed by atoms with Crippen LogP contribution >= 0.6 is 0 Å². The standard InChI is InChI=1S/C26H30N6O2/c1-4-31(5-2)18-16-27-25(33)20-8-12-21(13-9-20)28-26-29-24-23(7-6-17-32(24)30-26)19-10-14-22(34-3)15-11-19/h6-15,17H,4-5,16,18H2,1-3H3,(H,27,33)(H,28,30). The Kier molecular flexibility index (Phi) is 7.39. The molecule has 0 saturated carbocycles. The van der Waals surface area contributed by atoms with Crippen LogP contribution in [0, 0.1) is 0 Å². The molecule has 0 saturated heterocycles. The topological polar surface area (TPSA) is 83.8 Å². The summed E-state index contributed by atoms with van der Waals surface area (Å²) >= 11 is 0. The molecule has 0 radical (unpaired) electrons. The second-order valence-electron chi connectivity index (χ2n) is 7.84. The third-order valence-corrected chi connectivity index (χ3v) is 5.77.